The van der Waals surface area contributed by atoms with E-state index in [1.807, 2.05) is 0 Å². The molecule has 0 fully saturated rings. The van der Waals surface area contributed by atoms with Gasteiger partial charge in [0.05, 0.1) is 0 Å². The molecule has 0 saturated carbocycles. The number of fused-ring (bicyclic) bond motifs is 1. The molecule has 2 aromatic heterocycles. The van der Waals surface area contributed by atoms with E-state index in [-0.39, 0.29) is 0 Å². The minimum atomic E-state index is 0.630. The molecule has 0 unspecified atom stereocenters. The first-order valence-electron chi connectivity index (χ1n) is 5.12. The Labute approximate surface area is 102 Å². The SMILES string of the molecule is NCc1cc(-c2cccc3ccsc23)cs1. The molecule has 0 radical (unpaired) electrons. The molecule has 0 aliphatic carbocycles. The number of benzene rings is 1. The van der Waals surface area contributed by atoms with Gasteiger partial charge in [0.15, 0.2) is 0 Å². The first kappa shape index (κ1) is 10.0. The Kier molecular flexibility index (Phi) is 2.52. The van der Waals surface area contributed by atoms with Crippen LogP contribution in [0.3, 0.4) is 0 Å². The van der Waals surface area contributed by atoms with Crippen LogP contribution in [-0.4, -0.2) is 0 Å². The van der Waals surface area contributed by atoms with Crippen molar-refractivity contribution < 1.29 is 0 Å². The molecular weight excluding hydrogens is 234 g/mol. The minimum absolute atomic E-state index is 0.630. The number of nitrogens with two attached hydrogens (primary N) is 1. The van der Waals surface area contributed by atoms with Crippen LogP contribution in [0.5, 0.6) is 0 Å². The van der Waals surface area contributed by atoms with Gasteiger partial charge in [-0.25, -0.2) is 0 Å². The largest absolute Gasteiger partial charge is 0.326 e. The monoisotopic (exact) mass is 245 g/mol. The number of hydrogen-bond donors (Lipinski definition) is 1. The Balaban J connectivity index is 2.21. The van der Waals surface area contributed by atoms with E-state index >= 15 is 0 Å². The molecule has 1 aromatic carbocycles. The molecule has 3 heteroatoms. The molecule has 0 bridgehead atoms. The average molecular weight is 245 g/mol. The molecule has 80 valence electrons. The van der Waals surface area contributed by atoms with E-state index in [1.54, 1.807) is 22.7 Å². The van der Waals surface area contributed by atoms with E-state index in [9.17, 15) is 0 Å². The van der Waals surface area contributed by atoms with Gasteiger partial charge in [-0.3, -0.25) is 0 Å². The second-order valence-electron chi connectivity index (χ2n) is 3.65. The standard InChI is InChI=1S/C13H11NS2/c14-7-11-6-10(8-16-11)12-3-1-2-9-4-5-15-13(9)12/h1-6,8H,7,14H2. The van der Waals surface area contributed by atoms with Crippen molar-refractivity contribution in [2.24, 2.45) is 5.73 Å². The Bertz CT molecular complexity index is 621. The van der Waals surface area contributed by atoms with Gasteiger partial charge in [0, 0.05) is 21.7 Å². The minimum Gasteiger partial charge on any atom is -0.326 e. The highest BCUT2D eigenvalue weighted by Crippen LogP contribution is 2.34. The second kappa shape index (κ2) is 4.01. The van der Waals surface area contributed by atoms with E-state index in [4.69, 9.17) is 5.73 Å². The molecule has 2 heterocycles. The molecule has 3 aromatic rings. The van der Waals surface area contributed by atoms with Crippen LogP contribution in [0, 0.1) is 0 Å². The van der Waals surface area contributed by atoms with Gasteiger partial charge in [-0.05, 0) is 33.8 Å². The third-order valence-corrected chi connectivity index (χ3v) is 4.57. The van der Waals surface area contributed by atoms with Crippen molar-refractivity contribution in [2.45, 2.75) is 6.54 Å². The lowest BCUT2D eigenvalue weighted by atomic mass is 10.1. The summed E-state index contributed by atoms with van der Waals surface area (Å²) in [5, 5.41) is 5.66. The molecular formula is C13H11NS2. The summed E-state index contributed by atoms with van der Waals surface area (Å²) in [6, 6.07) is 10.8. The van der Waals surface area contributed by atoms with Crippen LogP contribution in [0.1, 0.15) is 4.88 Å². The molecule has 0 atom stereocenters. The first-order chi connectivity index (χ1) is 7.88. The second-order valence-corrected chi connectivity index (χ2v) is 5.56. The molecule has 0 aliphatic rings. The Morgan fingerprint density at radius 2 is 2.06 bits per heavy atom. The lowest BCUT2D eigenvalue weighted by molar-refractivity contribution is 1.11. The number of hydrogen-bond acceptors (Lipinski definition) is 3. The van der Waals surface area contributed by atoms with Gasteiger partial charge in [-0.15, -0.1) is 22.7 Å². The third-order valence-electron chi connectivity index (χ3n) is 2.64. The highest BCUT2D eigenvalue weighted by molar-refractivity contribution is 7.17. The van der Waals surface area contributed by atoms with Gasteiger partial charge in [0.2, 0.25) is 0 Å². The first-order valence-corrected chi connectivity index (χ1v) is 6.88. The normalized spacial score (nSPS) is 11.1. The summed E-state index contributed by atoms with van der Waals surface area (Å²) < 4.78 is 1.36. The van der Waals surface area contributed by atoms with Crippen LogP contribution >= 0.6 is 22.7 Å². The van der Waals surface area contributed by atoms with Crippen LogP contribution in [0.2, 0.25) is 0 Å². The van der Waals surface area contributed by atoms with Crippen molar-refractivity contribution in [2.75, 3.05) is 0 Å². The average Bonchev–Trinajstić information content (AvgIpc) is 2.97. The quantitative estimate of drug-likeness (QED) is 0.723. The summed E-state index contributed by atoms with van der Waals surface area (Å²) in [6.45, 7) is 0.630. The maximum absolute atomic E-state index is 5.65. The fourth-order valence-corrected chi connectivity index (χ4v) is 3.55. The zero-order chi connectivity index (χ0) is 11.0. The molecule has 16 heavy (non-hydrogen) atoms. The van der Waals surface area contributed by atoms with Crippen LogP contribution in [0.25, 0.3) is 21.2 Å². The third kappa shape index (κ3) is 1.57. The van der Waals surface area contributed by atoms with Gasteiger partial charge < -0.3 is 5.73 Å². The van der Waals surface area contributed by atoms with Gasteiger partial charge in [0.25, 0.3) is 0 Å². The van der Waals surface area contributed by atoms with Crippen LogP contribution < -0.4 is 5.73 Å². The van der Waals surface area contributed by atoms with Crippen LogP contribution in [-0.2, 0) is 6.54 Å². The maximum atomic E-state index is 5.65. The van der Waals surface area contributed by atoms with Crippen LogP contribution in [0.4, 0.5) is 0 Å². The van der Waals surface area contributed by atoms with E-state index in [2.05, 4.69) is 41.1 Å². The zero-order valence-electron chi connectivity index (χ0n) is 8.64. The summed E-state index contributed by atoms with van der Waals surface area (Å²) in [7, 11) is 0. The van der Waals surface area contributed by atoms with Crippen molar-refractivity contribution in [3.63, 3.8) is 0 Å². The number of thiophene rings is 2. The van der Waals surface area contributed by atoms with Crippen molar-refractivity contribution >= 4 is 32.8 Å². The molecule has 0 saturated heterocycles. The Morgan fingerprint density at radius 1 is 1.12 bits per heavy atom. The van der Waals surface area contributed by atoms with Crippen molar-refractivity contribution in [1.82, 2.24) is 0 Å². The summed E-state index contributed by atoms with van der Waals surface area (Å²) in [5.74, 6) is 0. The Morgan fingerprint density at radius 3 is 2.88 bits per heavy atom. The molecule has 0 aliphatic heterocycles. The Hall–Kier alpha value is -1.16. The molecule has 1 nitrogen and oxygen atoms in total. The summed E-state index contributed by atoms with van der Waals surface area (Å²) in [4.78, 5) is 1.24. The molecule has 2 N–H and O–H groups in total. The topological polar surface area (TPSA) is 26.0 Å². The van der Waals surface area contributed by atoms with E-state index in [0.717, 1.165) is 0 Å². The zero-order valence-corrected chi connectivity index (χ0v) is 10.3. The summed E-state index contributed by atoms with van der Waals surface area (Å²) in [6.07, 6.45) is 0. The predicted molar refractivity (Wildman–Crippen MR) is 73.0 cm³/mol. The van der Waals surface area contributed by atoms with Crippen molar-refractivity contribution in [3.8, 4) is 11.1 Å². The highest BCUT2D eigenvalue weighted by atomic mass is 32.1. The fraction of sp³-hybridized carbons (Fsp3) is 0.0769. The summed E-state index contributed by atoms with van der Waals surface area (Å²) >= 11 is 3.53. The van der Waals surface area contributed by atoms with E-state index in [0.29, 0.717) is 6.54 Å². The summed E-state index contributed by atoms with van der Waals surface area (Å²) in [5.41, 5.74) is 8.26. The lowest BCUT2D eigenvalue weighted by Gasteiger charge is -1.99. The maximum Gasteiger partial charge on any atom is 0.0421 e. The van der Waals surface area contributed by atoms with E-state index < -0.39 is 0 Å². The van der Waals surface area contributed by atoms with Crippen LogP contribution in [0.15, 0.2) is 41.1 Å². The van der Waals surface area contributed by atoms with Gasteiger partial charge in [-0.1, -0.05) is 18.2 Å². The molecule has 0 spiro atoms. The van der Waals surface area contributed by atoms with Crippen molar-refractivity contribution in [1.29, 1.82) is 0 Å². The molecule has 3 rings (SSSR count). The van der Waals surface area contributed by atoms with Crippen molar-refractivity contribution in [3.05, 3.63) is 46.0 Å². The van der Waals surface area contributed by atoms with Gasteiger partial charge >= 0.3 is 0 Å². The van der Waals surface area contributed by atoms with Gasteiger partial charge in [0.1, 0.15) is 0 Å². The number of rotatable bonds is 2. The predicted octanol–water partition coefficient (Wildman–Crippen LogP) is 4.09. The molecule has 0 amide bonds. The van der Waals surface area contributed by atoms with Gasteiger partial charge in [-0.2, -0.15) is 0 Å². The van der Waals surface area contributed by atoms with E-state index in [1.165, 1.54) is 26.1 Å². The smallest absolute Gasteiger partial charge is 0.0421 e. The fourth-order valence-electron chi connectivity index (χ4n) is 1.85. The lowest BCUT2D eigenvalue weighted by Crippen LogP contribution is -1.91. The highest BCUT2D eigenvalue weighted by Gasteiger charge is 2.06.